The normalized spacial score (nSPS) is 10.5. The average molecular weight is 347 g/mol. The standard InChI is InChI=1S/C21H21N3O2/c1-3-20-19(13-22-24(20)14-16-8-5-4-6-9-16)21(26)23-18-11-7-10-17(12-18)15(2)25/h4-13H,3,14H2,1-2H3,(H,23,26). The van der Waals surface area contributed by atoms with Crippen LogP contribution in [-0.4, -0.2) is 21.5 Å². The summed E-state index contributed by atoms with van der Waals surface area (Å²) < 4.78 is 1.86. The summed E-state index contributed by atoms with van der Waals surface area (Å²) in [7, 11) is 0. The molecule has 0 saturated carbocycles. The number of Topliss-reactive ketones (excluding diaryl/α,β-unsaturated/α-hetero) is 1. The number of anilines is 1. The third-order valence-corrected chi connectivity index (χ3v) is 4.23. The fourth-order valence-corrected chi connectivity index (χ4v) is 2.88. The van der Waals surface area contributed by atoms with Crippen molar-refractivity contribution in [1.82, 2.24) is 9.78 Å². The highest BCUT2D eigenvalue weighted by atomic mass is 16.1. The van der Waals surface area contributed by atoms with Crippen molar-refractivity contribution in [2.45, 2.75) is 26.8 Å². The number of benzene rings is 2. The minimum atomic E-state index is -0.220. The molecule has 5 nitrogen and oxygen atoms in total. The molecule has 1 aromatic heterocycles. The Morgan fingerprint density at radius 2 is 1.85 bits per heavy atom. The minimum absolute atomic E-state index is 0.0361. The highest BCUT2D eigenvalue weighted by Crippen LogP contribution is 2.16. The van der Waals surface area contributed by atoms with Gasteiger partial charge in [0.05, 0.1) is 24.0 Å². The zero-order valence-corrected chi connectivity index (χ0v) is 14.9. The Bertz CT molecular complexity index is 929. The smallest absolute Gasteiger partial charge is 0.259 e. The summed E-state index contributed by atoms with van der Waals surface area (Å²) in [6, 6.07) is 17.0. The van der Waals surface area contributed by atoms with Gasteiger partial charge in [-0.3, -0.25) is 14.3 Å². The molecule has 0 aliphatic rings. The molecule has 1 amide bonds. The summed E-state index contributed by atoms with van der Waals surface area (Å²) in [5.74, 6) is -0.257. The van der Waals surface area contributed by atoms with E-state index in [-0.39, 0.29) is 11.7 Å². The molecule has 1 heterocycles. The molecule has 0 unspecified atom stereocenters. The number of nitrogens with one attached hydrogen (secondary N) is 1. The summed E-state index contributed by atoms with van der Waals surface area (Å²) in [6.45, 7) is 4.13. The van der Waals surface area contributed by atoms with Crippen molar-refractivity contribution in [2.24, 2.45) is 0 Å². The highest BCUT2D eigenvalue weighted by molar-refractivity contribution is 6.05. The SMILES string of the molecule is CCc1c(C(=O)Nc2cccc(C(C)=O)c2)cnn1Cc1ccccc1. The number of carbonyl (C=O) groups is 2. The lowest BCUT2D eigenvalue weighted by Gasteiger charge is -2.09. The van der Waals surface area contributed by atoms with E-state index in [1.165, 1.54) is 6.92 Å². The first-order valence-electron chi connectivity index (χ1n) is 8.59. The first-order valence-corrected chi connectivity index (χ1v) is 8.59. The number of carbonyl (C=O) groups excluding carboxylic acids is 2. The number of hydrogen-bond acceptors (Lipinski definition) is 3. The zero-order valence-electron chi connectivity index (χ0n) is 14.9. The number of ketones is 1. The van der Waals surface area contributed by atoms with E-state index < -0.39 is 0 Å². The molecule has 0 aliphatic heterocycles. The molecule has 0 aliphatic carbocycles. The molecular weight excluding hydrogens is 326 g/mol. The first-order chi connectivity index (χ1) is 12.6. The van der Waals surface area contributed by atoms with Gasteiger partial charge in [-0.25, -0.2) is 0 Å². The van der Waals surface area contributed by atoms with Crippen LogP contribution in [-0.2, 0) is 13.0 Å². The Balaban J connectivity index is 1.81. The van der Waals surface area contributed by atoms with E-state index in [9.17, 15) is 9.59 Å². The molecule has 132 valence electrons. The van der Waals surface area contributed by atoms with E-state index in [1.54, 1.807) is 30.5 Å². The minimum Gasteiger partial charge on any atom is -0.322 e. The Morgan fingerprint density at radius 3 is 2.54 bits per heavy atom. The predicted molar refractivity (Wildman–Crippen MR) is 102 cm³/mol. The molecule has 26 heavy (non-hydrogen) atoms. The topological polar surface area (TPSA) is 64.0 Å². The van der Waals surface area contributed by atoms with E-state index in [4.69, 9.17) is 0 Å². The Kier molecular flexibility index (Phi) is 5.27. The maximum absolute atomic E-state index is 12.7. The van der Waals surface area contributed by atoms with Crippen LogP contribution in [0, 0.1) is 0 Å². The van der Waals surface area contributed by atoms with Crippen LogP contribution in [0.5, 0.6) is 0 Å². The van der Waals surface area contributed by atoms with E-state index in [0.29, 0.717) is 29.8 Å². The van der Waals surface area contributed by atoms with E-state index >= 15 is 0 Å². The second kappa shape index (κ2) is 7.78. The van der Waals surface area contributed by atoms with Crippen molar-refractivity contribution in [3.63, 3.8) is 0 Å². The Hall–Kier alpha value is -3.21. The second-order valence-electron chi connectivity index (χ2n) is 6.09. The molecule has 1 N–H and O–H groups in total. The molecule has 0 radical (unpaired) electrons. The maximum atomic E-state index is 12.7. The van der Waals surface area contributed by atoms with Gasteiger partial charge in [0, 0.05) is 11.3 Å². The van der Waals surface area contributed by atoms with Crippen molar-refractivity contribution in [1.29, 1.82) is 0 Å². The lowest BCUT2D eigenvalue weighted by molar-refractivity contribution is 0.101. The van der Waals surface area contributed by atoms with E-state index in [2.05, 4.69) is 10.4 Å². The fraction of sp³-hybridized carbons (Fsp3) is 0.190. The van der Waals surface area contributed by atoms with Crippen LogP contribution < -0.4 is 5.32 Å². The van der Waals surface area contributed by atoms with Gasteiger partial charge in [-0.05, 0) is 31.0 Å². The van der Waals surface area contributed by atoms with Crippen LogP contribution in [0.4, 0.5) is 5.69 Å². The number of nitrogens with zero attached hydrogens (tertiary/aromatic N) is 2. The van der Waals surface area contributed by atoms with Crippen molar-refractivity contribution >= 4 is 17.4 Å². The average Bonchev–Trinajstić information content (AvgIpc) is 3.05. The van der Waals surface area contributed by atoms with Crippen molar-refractivity contribution in [2.75, 3.05) is 5.32 Å². The van der Waals surface area contributed by atoms with E-state index in [0.717, 1.165) is 11.3 Å². The summed E-state index contributed by atoms with van der Waals surface area (Å²) in [5, 5.41) is 7.25. The molecule has 2 aromatic carbocycles. The monoisotopic (exact) mass is 347 g/mol. The first kappa shape index (κ1) is 17.6. The Labute approximate surface area is 152 Å². The summed E-state index contributed by atoms with van der Waals surface area (Å²) in [6.07, 6.45) is 2.30. The third kappa shape index (κ3) is 3.88. The Morgan fingerprint density at radius 1 is 1.08 bits per heavy atom. The quantitative estimate of drug-likeness (QED) is 0.687. The summed E-state index contributed by atoms with van der Waals surface area (Å²) in [5.41, 5.74) is 3.73. The van der Waals surface area contributed by atoms with Gasteiger partial charge in [-0.1, -0.05) is 49.4 Å². The number of aromatic nitrogens is 2. The highest BCUT2D eigenvalue weighted by Gasteiger charge is 2.17. The van der Waals surface area contributed by atoms with Crippen LogP contribution in [0.3, 0.4) is 0 Å². The number of hydrogen-bond donors (Lipinski definition) is 1. The van der Waals surface area contributed by atoms with Gasteiger partial charge in [0.15, 0.2) is 5.78 Å². The van der Waals surface area contributed by atoms with Crippen LogP contribution in [0.1, 0.15) is 45.8 Å². The van der Waals surface area contributed by atoms with E-state index in [1.807, 2.05) is 41.9 Å². The number of amides is 1. The lowest BCUT2D eigenvalue weighted by Crippen LogP contribution is -2.15. The van der Waals surface area contributed by atoms with Gasteiger partial charge < -0.3 is 5.32 Å². The largest absolute Gasteiger partial charge is 0.322 e. The molecule has 0 saturated heterocycles. The van der Waals surface area contributed by atoms with Crippen LogP contribution in [0.25, 0.3) is 0 Å². The van der Waals surface area contributed by atoms with Crippen molar-refractivity contribution in [3.05, 3.63) is 83.2 Å². The predicted octanol–water partition coefficient (Wildman–Crippen LogP) is 3.95. The summed E-state index contributed by atoms with van der Waals surface area (Å²) in [4.78, 5) is 24.2. The number of rotatable bonds is 6. The fourth-order valence-electron chi connectivity index (χ4n) is 2.88. The van der Waals surface area contributed by atoms with Gasteiger partial charge in [0.25, 0.3) is 5.91 Å². The molecule has 0 spiro atoms. The van der Waals surface area contributed by atoms with Crippen LogP contribution >= 0.6 is 0 Å². The van der Waals surface area contributed by atoms with Gasteiger partial charge in [-0.15, -0.1) is 0 Å². The third-order valence-electron chi connectivity index (χ3n) is 4.23. The molecule has 5 heteroatoms. The van der Waals surface area contributed by atoms with Gasteiger partial charge >= 0.3 is 0 Å². The molecule has 3 aromatic rings. The van der Waals surface area contributed by atoms with Crippen molar-refractivity contribution in [3.8, 4) is 0 Å². The molecule has 0 bridgehead atoms. The van der Waals surface area contributed by atoms with Crippen LogP contribution in [0.2, 0.25) is 0 Å². The van der Waals surface area contributed by atoms with Gasteiger partial charge in [-0.2, -0.15) is 5.10 Å². The van der Waals surface area contributed by atoms with Crippen molar-refractivity contribution < 1.29 is 9.59 Å². The molecular formula is C21H21N3O2. The van der Waals surface area contributed by atoms with Crippen LogP contribution in [0.15, 0.2) is 60.8 Å². The molecule has 0 atom stereocenters. The summed E-state index contributed by atoms with van der Waals surface area (Å²) >= 11 is 0. The van der Waals surface area contributed by atoms with Gasteiger partial charge in [0.2, 0.25) is 0 Å². The maximum Gasteiger partial charge on any atom is 0.259 e. The molecule has 3 rings (SSSR count). The zero-order chi connectivity index (χ0) is 18.5. The second-order valence-corrected chi connectivity index (χ2v) is 6.09. The van der Waals surface area contributed by atoms with Gasteiger partial charge in [0.1, 0.15) is 0 Å². The molecule has 0 fully saturated rings. The lowest BCUT2D eigenvalue weighted by atomic mass is 10.1.